The van der Waals surface area contributed by atoms with Crippen molar-refractivity contribution in [3.8, 4) is 0 Å². The number of rotatable bonds is 46. The smallest absolute Gasteiger partial charge is 0.249 e. The summed E-state index contributed by atoms with van der Waals surface area (Å²) >= 11 is 0. The third-order valence-corrected chi connectivity index (χ3v) is 13.2. The first-order valence-corrected chi connectivity index (χ1v) is 27.2. The number of hydrogen-bond acceptors (Lipinski definition) is 10. The monoisotopic (exact) mass is 926 g/mol. The Balaban J connectivity index is 2.35. The molecule has 384 valence electrons. The van der Waals surface area contributed by atoms with Crippen molar-refractivity contribution in [2.75, 3.05) is 13.2 Å². The summed E-state index contributed by atoms with van der Waals surface area (Å²) in [5, 5.41) is 75.9. The van der Waals surface area contributed by atoms with E-state index >= 15 is 0 Å². The lowest BCUT2D eigenvalue weighted by Gasteiger charge is -2.40. The fraction of sp³-hybridized carbons (Fsp3) is 0.907. The standard InChI is InChI=1S/C54H103NO10/c1-3-5-7-9-11-13-15-17-19-20-21-22-23-24-25-26-28-30-32-34-36-38-40-42-47(58)53(63)55-45(44-64-54-52(62)51(61)50(60)48(43-56)65-54)49(59)46(57)41-39-37-35-33-31-29-27-18-16-14-12-10-8-6-4-2/h24-25,33,35,45-52,54,56-62H,3-23,26-32,34,36-44H2,1-2H3,(H,55,63)/b25-24-,35-33+. The highest BCUT2D eigenvalue weighted by Gasteiger charge is 2.44. The molecular weight excluding hydrogens is 823 g/mol. The Hall–Kier alpha value is -1.41. The lowest BCUT2D eigenvalue weighted by molar-refractivity contribution is -0.303. The highest BCUT2D eigenvalue weighted by molar-refractivity contribution is 5.80. The van der Waals surface area contributed by atoms with Gasteiger partial charge in [0.05, 0.1) is 25.4 Å². The molecular formula is C54H103NO10. The molecule has 65 heavy (non-hydrogen) atoms. The molecule has 0 saturated carbocycles. The van der Waals surface area contributed by atoms with Crippen LogP contribution in [0.2, 0.25) is 0 Å². The zero-order valence-corrected chi connectivity index (χ0v) is 41.7. The van der Waals surface area contributed by atoms with Crippen molar-refractivity contribution < 1.29 is 50.0 Å². The van der Waals surface area contributed by atoms with Gasteiger partial charge in [0.2, 0.25) is 5.91 Å². The summed E-state index contributed by atoms with van der Waals surface area (Å²) in [6, 6.07) is -1.18. The van der Waals surface area contributed by atoms with Gasteiger partial charge in [-0.3, -0.25) is 4.79 Å². The topological polar surface area (TPSA) is 189 Å². The second-order valence-corrected chi connectivity index (χ2v) is 19.3. The van der Waals surface area contributed by atoms with E-state index in [1.165, 1.54) is 161 Å². The van der Waals surface area contributed by atoms with Crippen molar-refractivity contribution in [2.45, 2.75) is 300 Å². The predicted molar refractivity (Wildman–Crippen MR) is 266 cm³/mol. The largest absolute Gasteiger partial charge is 0.394 e. The molecule has 9 unspecified atom stereocenters. The highest BCUT2D eigenvalue weighted by Crippen LogP contribution is 2.23. The van der Waals surface area contributed by atoms with Crippen LogP contribution in [0, 0.1) is 0 Å². The van der Waals surface area contributed by atoms with Gasteiger partial charge in [0.1, 0.15) is 36.6 Å². The first kappa shape index (κ1) is 61.6. The van der Waals surface area contributed by atoms with Gasteiger partial charge >= 0.3 is 0 Å². The van der Waals surface area contributed by atoms with Crippen LogP contribution < -0.4 is 5.32 Å². The Morgan fingerprint density at radius 1 is 0.523 bits per heavy atom. The number of carbonyl (C=O) groups is 1. The van der Waals surface area contributed by atoms with Crippen molar-refractivity contribution in [1.82, 2.24) is 5.32 Å². The van der Waals surface area contributed by atoms with E-state index in [-0.39, 0.29) is 12.8 Å². The lowest BCUT2D eigenvalue weighted by Crippen LogP contribution is -2.60. The molecule has 1 fully saturated rings. The summed E-state index contributed by atoms with van der Waals surface area (Å²) < 4.78 is 11.1. The van der Waals surface area contributed by atoms with Crippen molar-refractivity contribution in [3.63, 3.8) is 0 Å². The van der Waals surface area contributed by atoms with Crippen LogP contribution in [0.3, 0.4) is 0 Å². The van der Waals surface area contributed by atoms with Gasteiger partial charge in [-0.05, 0) is 64.2 Å². The average Bonchev–Trinajstić information content (AvgIpc) is 3.31. The lowest BCUT2D eigenvalue weighted by atomic mass is 9.98. The van der Waals surface area contributed by atoms with Crippen molar-refractivity contribution in [1.29, 1.82) is 0 Å². The van der Waals surface area contributed by atoms with Gasteiger partial charge in [-0.25, -0.2) is 0 Å². The number of nitrogens with one attached hydrogen (secondary N) is 1. The molecule has 0 bridgehead atoms. The number of allylic oxidation sites excluding steroid dienone is 4. The molecule has 0 radical (unpaired) electrons. The van der Waals surface area contributed by atoms with E-state index in [0.29, 0.717) is 12.8 Å². The van der Waals surface area contributed by atoms with E-state index < -0.39 is 74.2 Å². The van der Waals surface area contributed by atoms with Crippen LogP contribution in [0.5, 0.6) is 0 Å². The molecule has 0 aromatic carbocycles. The zero-order chi connectivity index (χ0) is 47.6. The third-order valence-electron chi connectivity index (χ3n) is 13.2. The van der Waals surface area contributed by atoms with Crippen LogP contribution in [-0.2, 0) is 14.3 Å². The molecule has 1 heterocycles. The van der Waals surface area contributed by atoms with Crippen LogP contribution in [-0.4, -0.2) is 110 Å². The summed E-state index contributed by atoms with van der Waals surface area (Å²) in [7, 11) is 0. The number of ether oxygens (including phenoxy) is 2. The average molecular weight is 926 g/mol. The summed E-state index contributed by atoms with van der Waals surface area (Å²) in [5.41, 5.74) is 0. The maximum absolute atomic E-state index is 13.1. The summed E-state index contributed by atoms with van der Waals surface area (Å²) in [4.78, 5) is 13.1. The van der Waals surface area contributed by atoms with Crippen LogP contribution in [0.1, 0.15) is 245 Å². The molecule has 8 N–H and O–H groups in total. The Bertz CT molecular complexity index is 1110. The molecule has 0 aliphatic carbocycles. The molecule has 11 nitrogen and oxygen atoms in total. The number of carbonyl (C=O) groups excluding carboxylic acids is 1. The Labute approximate surface area is 397 Å². The second kappa shape index (κ2) is 43.8. The molecule has 1 aliphatic heterocycles. The second-order valence-electron chi connectivity index (χ2n) is 19.3. The molecule has 0 aromatic rings. The van der Waals surface area contributed by atoms with E-state index in [2.05, 4.69) is 43.5 Å². The number of aliphatic hydroxyl groups is 7. The minimum absolute atomic E-state index is 0.250. The van der Waals surface area contributed by atoms with Crippen molar-refractivity contribution in [3.05, 3.63) is 24.3 Å². The van der Waals surface area contributed by atoms with E-state index in [0.717, 1.165) is 44.9 Å². The number of amides is 1. The molecule has 1 saturated heterocycles. The molecule has 9 atom stereocenters. The SMILES string of the molecule is CCCCCCCCCCCC/C=C/CCCC(O)C(O)C(COC1OC(CO)C(O)C(O)C1O)NC(=O)C(O)CCCCCCCCC/C=C\CCCCCCCCCCCCCC. The van der Waals surface area contributed by atoms with Gasteiger partial charge in [-0.2, -0.15) is 0 Å². The van der Waals surface area contributed by atoms with E-state index in [9.17, 15) is 40.5 Å². The first-order chi connectivity index (χ1) is 31.7. The molecule has 1 rings (SSSR count). The van der Waals surface area contributed by atoms with E-state index in [1.54, 1.807) is 0 Å². The third kappa shape index (κ3) is 32.9. The van der Waals surface area contributed by atoms with Gasteiger partial charge in [-0.15, -0.1) is 0 Å². The first-order valence-electron chi connectivity index (χ1n) is 27.2. The van der Waals surface area contributed by atoms with E-state index in [4.69, 9.17) is 9.47 Å². The normalized spacial score (nSPS) is 21.0. The Morgan fingerprint density at radius 2 is 0.908 bits per heavy atom. The molecule has 1 amide bonds. The number of hydrogen-bond donors (Lipinski definition) is 8. The van der Waals surface area contributed by atoms with Gasteiger partial charge < -0.3 is 50.5 Å². The van der Waals surface area contributed by atoms with Crippen LogP contribution >= 0.6 is 0 Å². The summed E-state index contributed by atoms with van der Waals surface area (Å²) in [5.74, 6) is -0.708. The molecule has 0 spiro atoms. The quantitative estimate of drug-likeness (QED) is 0.0216. The minimum atomic E-state index is -1.67. The number of unbranched alkanes of at least 4 members (excludes halogenated alkanes) is 30. The van der Waals surface area contributed by atoms with Crippen molar-refractivity contribution >= 4 is 5.91 Å². The van der Waals surface area contributed by atoms with Crippen LogP contribution in [0.15, 0.2) is 24.3 Å². The van der Waals surface area contributed by atoms with Crippen LogP contribution in [0.25, 0.3) is 0 Å². The fourth-order valence-electron chi connectivity index (χ4n) is 8.73. The Kier molecular flexibility index (Phi) is 41.6. The maximum atomic E-state index is 13.1. The van der Waals surface area contributed by atoms with Crippen LogP contribution in [0.4, 0.5) is 0 Å². The zero-order valence-electron chi connectivity index (χ0n) is 41.7. The molecule has 0 aromatic heterocycles. The summed E-state index contributed by atoms with van der Waals surface area (Å²) in [6.07, 6.45) is 39.5. The van der Waals surface area contributed by atoms with Crippen molar-refractivity contribution in [2.24, 2.45) is 0 Å². The molecule has 11 heteroatoms. The van der Waals surface area contributed by atoms with Gasteiger partial charge in [-0.1, -0.05) is 205 Å². The summed E-state index contributed by atoms with van der Waals surface area (Å²) in [6.45, 7) is 3.45. The molecule has 1 aliphatic rings. The predicted octanol–water partition coefficient (Wildman–Crippen LogP) is 10.6. The Morgan fingerprint density at radius 3 is 1.32 bits per heavy atom. The number of aliphatic hydroxyl groups excluding tert-OH is 7. The highest BCUT2D eigenvalue weighted by atomic mass is 16.7. The maximum Gasteiger partial charge on any atom is 0.249 e. The minimum Gasteiger partial charge on any atom is -0.394 e. The van der Waals surface area contributed by atoms with Gasteiger partial charge in [0, 0.05) is 0 Å². The van der Waals surface area contributed by atoms with E-state index in [1.807, 2.05) is 0 Å². The fourth-order valence-corrected chi connectivity index (χ4v) is 8.73. The van der Waals surface area contributed by atoms with Gasteiger partial charge in [0.25, 0.3) is 0 Å². The van der Waals surface area contributed by atoms with Gasteiger partial charge in [0.15, 0.2) is 6.29 Å².